The van der Waals surface area contributed by atoms with Crippen molar-refractivity contribution in [3.63, 3.8) is 0 Å². The van der Waals surface area contributed by atoms with E-state index in [-0.39, 0.29) is 5.97 Å². The van der Waals surface area contributed by atoms with Crippen LogP contribution >= 0.6 is 0 Å². The fraction of sp³-hybridized carbons (Fsp3) is 0.227. The van der Waals surface area contributed by atoms with E-state index in [1.165, 1.54) is 0 Å². The number of carbonyl (C=O) groups excluding carboxylic acids is 1. The molecular weight excluding hydrogens is 354 g/mol. The number of aromatic nitrogens is 3. The van der Waals surface area contributed by atoms with Gasteiger partial charge in [-0.25, -0.2) is 9.67 Å². The molecule has 0 saturated heterocycles. The zero-order valence-corrected chi connectivity index (χ0v) is 16.0. The van der Waals surface area contributed by atoms with Crippen molar-refractivity contribution in [2.24, 2.45) is 5.41 Å². The molecule has 0 radical (unpaired) electrons. The van der Waals surface area contributed by atoms with E-state index in [0.717, 1.165) is 28.8 Å². The highest BCUT2D eigenvalue weighted by Crippen LogP contribution is 2.26. The maximum Gasteiger partial charge on any atom is 0.316 e. The average molecular weight is 375 g/mol. The summed E-state index contributed by atoms with van der Waals surface area (Å²) in [5.41, 5.74) is 2.68. The van der Waals surface area contributed by atoms with Crippen LogP contribution in [0.4, 0.5) is 0 Å². The number of rotatable bonds is 5. The molecule has 0 aliphatic carbocycles. The maximum atomic E-state index is 12.2. The third-order valence-electron chi connectivity index (χ3n) is 4.87. The van der Waals surface area contributed by atoms with Gasteiger partial charge in [0.1, 0.15) is 11.3 Å². The molecule has 4 aromatic rings. The van der Waals surface area contributed by atoms with E-state index in [9.17, 15) is 4.79 Å². The molecule has 0 saturated carbocycles. The van der Waals surface area contributed by atoms with E-state index in [1.54, 1.807) is 23.0 Å². The van der Waals surface area contributed by atoms with Gasteiger partial charge in [-0.2, -0.15) is 5.10 Å². The van der Waals surface area contributed by atoms with Crippen LogP contribution in [0.1, 0.15) is 27.2 Å². The minimum atomic E-state index is -0.505. The SMILES string of the molecule is CCC(C)(C)C(=O)Oc1ccc(-n2cc(-c3nc4ccccc4o3)cn2)cc1. The Hall–Kier alpha value is -3.41. The van der Waals surface area contributed by atoms with Gasteiger partial charge in [0, 0.05) is 6.20 Å². The predicted octanol–water partition coefficient (Wildman–Crippen LogP) is 5.02. The molecule has 2 aromatic heterocycles. The van der Waals surface area contributed by atoms with Gasteiger partial charge in [0.2, 0.25) is 5.89 Å². The summed E-state index contributed by atoms with van der Waals surface area (Å²) in [5.74, 6) is 0.807. The number of carbonyl (C=O) groups is 1. The molecule has 6 heteroatoms. The van der Waals surface area contributed by atoms with Crippen molar-refractivity contribution in [2.45, 2.75) is 27.2 Å². The number of benzene rings is 2. The summed E-state index contributed by atoms with van der Waals surface area (Å²) >= 11 is 0. The number of oxazole rings is 1. The summed E-state index contributed by atoms with van der Waals surface area (Å²) in [6.07, 6.45) is 4.28. The molecule has 0 spiro atoms. The Morgan fingerprint density at radius 2 is 1.89 bits per heavy atom. The quantitative estimate of drug-likeness (QED) is 0.362. The van der Waals surface area contributed by atoms with Crippen molar-refractivity contribution in [1.29, 1.82) is 0 Å². The minimum Gasteiger partial charge on any atom is -0.436 e. The van der Waals surface area contributed by atoms with E-state index >= 15 is 0 Å². The number of nitrogens with zero attached hydrogens (tertiary/aromatic N) is 3. The molecule has 6 nitrogen and oxygen atoms in total. The molecule has 4 rings (SSSR count). The first-order chi connectivity index (χ1) is 13.5. The molecule has 0 aliphatic heterocycles. The van der Waals surface area contributed by atoms with E-state index in [4.69, 9.17) is 9.15 Å². The molecule has 142 valence electrons. The zero-order valence-electron chi connectivity index (χ0n) is 16.0. The van der Waals surface area contributed by atoms with Crippen molar-refractivity contribution >= 4 is 17.1 Å². The standard InChI is InChI=1S/C22H21N3O3/c1-4-22(2,3)21(26)27-17-11-9-16(10-12-17)25-14-15(13-23-25)20-24-18-7-5-6-8-19(18)28-20/h5-14H,4H2,1-3H3. The van der Waals surface area contributed by atoms with Gasteiger partial charge in [-0.05, 0) is 56.7 Å². The van der Waals surface area contributed by atoms with Crippen LogP contribution in [0.3, 0.4) is 0 Å². The normalized spacial score (nSPS) is 11.7. The van der Waals surface area contributed by atoms with E-state index in [1.807, 2.05) is 63.4 Å². The molecule has 2 heterocycles. The fourth-order valence-electron chi connectivity index (χ4n) is 2.63. The monoisotopic (exact) mass is 375 g/mol. The fourth-order valence-corrected chi connectivity index (χ4v) is 2.63. The molecule has 0 atom stereocenters. The van der Waals surface area contributed by atoms with Gasteiger partial charge in [-0.3, -0.25) is 4.79 Å². The molecule has 0 aliphatic rings. The first-order valence-corrected chi connectivity index (χ1v) is 9.19. The smallest absolute Gasteiger partial charge is 0.316 e. The van der Waals surface area contributed by atoms with Crippen LogP contribution in [0.5, 0.6) is 5.75 Å². The van der Waals surface area contributed by atoms with Crippen LogP contribution in [-0.4, -0.2) is 20.7 Å². The second kappa shape index (κ2) is 6.96. The topological polar surface area (TPSA) is 70.2 Å². The van der Waals surface area contributed by atoms with Gasteiger partial charge in [0.05, 0.1) is 22.9 Å². The number of para-hydroxylation sites is 2. The number of hydrogen-bond donors (Lipinski definition) is 0. The third kappa shape index (κ3) is 3.41. The van der Waals surface area contributed by atoms with Crippen LogP contribution in [0.25, 0.3) is 28.2 Å². The van der Waals surface area contributed by atoms with E-state index in [2.05, 4.69) is 10.1 Å². The Morgan fingerprint density at radius 1 is 1.14 bits per heavy atom. The molecule has 0 N–H and O–H groups in total. The van der Waals surface area contributed by atoms with Gasteiger partial charge >= 0.3 is 5.97 Å². The van der Waals surface area contributed by atoms with Gasteiger partial charge in [0.15, 0.2) is 5.58 Å². The highest BCUT2D eigenvalue weighted by Gasteiger charge is 2.27. The van der Waals surface area contributed by atoms with E-state index in [0.29, 0.717) is 11.6 Å². The predicted molar refractivity (Wildman–Crippen MR) is 106 cm³/mol. The van der Waals surface area contributed by atoms with Crippen LogP contribution in [0.15, 0.2) is 65.3 Å². The maximum absolute atomic E-state index is 12.2. The Labute approximate surface area is 162 Å². The summed E-state index contributed by atoms with van der Waals surface area (Å²) in [6, 6.07) is 14.9. The lowest BCUT2D eigenvalue weighted by Crippen LogP contribution is -2.28. The van der Waals surface area contributed by atoms with Gasteiger partial charge in [-0.1, -0.05) is 19.1 Å². The van der Waals surface area contributed by atoms with Gasteiger partial charge in [-0.15, -0.1) is 0 Å². The van der Waals surface area contributed by atoms with Gasteiger partial charge < -0.3 is 9.15 Å². The van der Waals surface area contributed by atoms with Crippen molar-refractivity contribution in [2.75, 3.05) is 0 Å². The Kier molecular flexibility index (Phi) is 4.47. The Bertz CT molecular complexity index is 1090. The summed E-state index contributed by atoms with van der Waals surface area (Å²) in [7, 11) is 0. The average Bonchev–Trinajstić information content (AvgIpc) is 3.35. The molecule has 28 heavy (non-hydrogen) atoms. The summed E-state index contributed by atoms with van der Waals surface area (Å²) in [6.45, 7) is 5.72. The van der Waals surface area contributed by atoms with Crippen LogP contribution in [0.2, 0.25) is 0 Å². The number of hydrogen-bond acceptors (Lipinski definition) is 5. The third-order valence-corrected chi connectivity index (χ3v) is 4.87. The molecular formula is C22H21N3O3. The first-order valence-electron chi connectivity index (χ1n) is 9.19. The number of ether oxygens (including phenoxy) is 1. The summed E-state index contributed by atoms with van der Waals surface area (Å²) in [5, 5.41) is 4.39. The second-order valence-electron chi connectivity index (χ2n) is 7.28. The summed E-state index contributed by atoms with van der Waals surface area (Å²) in [4.78, 5) is 16.7. The lowest BCUT2D eigenvalue weighted by atomic mass is 9.91. The van der Waals surface area contributed by atoms with Crippen molar-refractivity contribution < 1.29 is 13.9 Å². The minimum absolute atomic E-state index is 0.236. The number of fused-ring (bicyclic) bond motifs is 1. The van der Waals surface area contributed by atoms with Crippen molar-refractivity contribution in [3.05, 3.63) is 60.9 Å². The Morgan fingerprint density at radius 3 is 2.61 bits per heavy atom. The molecule has 0 fully saturated rings. The van der Waals surface area contributed by atoms with Crippen LogP contribution in [-0.2, 0) is 4.79 Å². The largest absolute Gasteiger partial charge is 0.436 e. The summed E-state index contributed by atoms with van der Waals surface area (Å²) < 4.78 is 13.0. The molecule has 0 unspecified atom stereocenters. The molecule has 2 aromatic carbocycles. The first kappa shape index (κ1) is 18.0. The highest BCUT2D eigenvalue weighted by molar-refractivity contribution is 5.78. The van der Waals surface area contributed by atoms with Crippen molar-refractivity contribution in [1.82, 2.24) is 14.8 Å². The lowest BCUT2D eigenvalue weighted by molar-refractivity contribution is -0.144. The Balaban J connectivity index is 1.53. The lowest BCUT2D eigenvalue weighted by Gasteiger charge is -2.20. The highest BCUT2D eigenvalue weighted by atomic mass is 16.5. The van der Waals surface area contributed by atoms with Gasteiger partial charge in [0.25, 0.3) is 0 Å². The molecule has 0 amide bonds. The second-order valence-corrected chi connectivity index (χ2v) is 7.28. The van der Waals surface area contributed by atoms with E-state index < -0.39 is 5.41 Å². The van der Waals surface area contributed by atoms with Crippen molar-refractivity contribution in [3.8, 4) is 22.9 Å². The van der Waals surface area contributed by atoms with Crippen LogP contribution < -0.4 is 4.74 Å². The molecule has 0 bridgehead atoms. The zero-order chi connectivity index (χ0) is 19.7. The van der Waals surface area contributed by atoms with Crippen LogP contribution in [0, 0.1) is 5.41 Å². The number of esters is 1.